The molecule has 2 aromatic heterocycles. The van der Waals surface area contributed by atoms with Gasteiger partial charge >= 0.3 is 0 Å². The molecule has 0 spiro atoms. The third-order valence-corrected chi connectivity index (χ3v) is 6.11. The van der Waals surface area contributed by atoms with Crippen LogP contribution in [0.1, 0.15) is 16.8 Å². The van der Waals surface area contributed by atoms with Crippen LogP contribution in [0.3, 0.4) is 0 Å². The van der Waals surface area contributed by atoms with Crippen molar-refractivity contribution in [3.05, 3.63) is 81.5 Å². The molecule has 1 fully saturated rings. The van der Waals surface area contributed by atoms with Gasteiger partial charge in [-0.25, -0.2) is 9.37 Å². The van der Waals surface area contributed by atoms with E-state index in [1.165, 1.54) is 27.8 Å². The van der Waals surface area contributed by atoms with E-state index < -0.39 is 0 Å². The lowest BCUT2D eigenvalue weighted by Gasteiger charge is -2.35. The van der Waals surface area contributed by atoms with Crippen molar-refractivity contribution in [2.45, 2.75) is 20.4 Å². The van der Waals surface area contributed by atoms with Crippen molar-refractivity contribution in [1.82, 2.24) is 24.5 Å². The van der Waals surface area contributed by atoms with Gasteiger partial charge in [-0.15, -0.1) is 12.4 Å². The molecule has 0 saturated carbocycles. The Balaban J connectivity index is 0.00000259. The summed E-state index contributed by atoms with van der Waals surface area (Å²) in [5.41, 5.74) is 4.88. The Morgan fingerprint density at radius 3 is 2.36 bits per heavy atom. The molecule has 0 radical (unpaired) electrons. The fourth-order valence-corrected chi connectivity index (χ4v) is 4.07. The molecule has 0 bridgehead atoms. The van der Waals surface area contributed by atoms with E-state index >= 15 is 0 Å². The minimum atomic E-state index is -0.223. The molecule has 0 unspecified atom stereocenters. The summed E-state index contributed by atoms with van der Waals surface area (Å²) in [6.45, 7) is 8.07. The number of H-pyrrole nitrogens is 1. The Kier molecular flexibility index (Phi) is 6.49. The second kappa shape index (κ2) is 9.33. The number of rotatable bonds is 4. The Morgan fingerprint density at radius 2 is 1.67 bits per heavy atom. The standard InChI is InChI=1S/C24H25FN6O.ClH/c1-16-3-4-18(13-17(16)2)23-27-24-26-20(14-22(32)31(24)28-23)15-29-9-11-30(12-10-29)21-7-5-19(25)6-8-21;/h3-8,13-14H,9-12,15H2,1-2H3,(H,26,27,28);1H. The minimum Gasteiger partial charge on any atom is -0.369 e. The number of anilines is 1. The van der Waals surface area contributed by atoms with Crippen LogP contribution in [0.2, 0.25) is 0 Å². The zero-order valence-electron chi connectivity index (χ0n) is 18.6. The van der Waals surface area contributed by atoms with Crippen LogP contribution in [0.5, 0.6) is 0 Å². The van der Waals surface area contributed by atoms with Gasteiger partial charge in [0.05, 0.1) is 5.69 Å². The van der Waals surface area contributed by atoms with Crippen molar-refractivity contribution in [2.75, 3.05) is 31.1 Å². The second-order valence-corrected chi connectivity index (χ2v) is 8.33. The van der Waals surface area contributed by atoms with E-state index in [9.17, 15) is 9.18 Å². The summed E-state index contributed by atoms with van der Waals surface area (Å²) in [7, 11) is 0. The van der Waals surface area contributed by atoms with E-state index in [2.05, 4.69) is 44.8 Å². The molecule has 172 valence electrons. The molecule has 1 aliphatic heterocycles. The number of aromatic amines is 1. The van der Waals surface area contributed by atoms with Gasteiger partial charge in [-0.1, -0.05) is 12.1 Å². The first-order valence-electron chi connectivity index (χ1n) is 10.8. The van der Waals surface area contributed by atoms with Crippen molar-refractivity contribution in [3.63, 3.8) is 0 Å². The van der Waals surface area contributed by atoms with Crippen molar-refractivity contribution in [1.29, 1.82) is 0 Å². The lowest BCUT2D eigenvalue weighted by molar-refractivity contribution is 0.247. The van der Waals surface area contributed by atoms with E-state index in [1.807, 2.05) is 24.3 Å². The van der Waals surface area contributed by atoms with Crippen LogP contribution >= 0.6 is 12.4 Å². The highest BCUT2D eigenvalue weighted by Gasteiger charge is 2.19. The number of aromatic nitrogens is 4. The molecule has 1 saturated heterocycles. The highest BCUT2D eigenvalue weighted by atomic mass is 35.5. The van der Waals surface area contributed by atoms with Crippen molar-refractivity contribution >= 4 is 23.9 Å². The van der Waals surface area contributed by atoms with Gasteiger partial charge < -0.3 is 4.90 Å². The summed E-state index contributed by atoms with van der Waals surface area (Å²) >= 11 is 0. The summed E-state index contributed by atoms with van der Waals surface area (Å²) in [5.74, 6) is 0.785. The minimum absolute atomic E-state index is 0. The van der Waals surface area contributed by atoms with E-state index in [1.54, 1.807) is 6.07 Å². The first-order valence-corrected chi connectivity index (χ1v) is 10.8. The molecule has 1 aliphatic rings. The number of halogens is 2. The number of hydrogen-bond acceptors (Lipinski definition) is 5. The predicted molar refractivity (Wildman–Crippen MR) is 130 cm³/mol. The molecule has 4 aromatic rings. The SMILES string of the molecule is Cc1ccc(-c2nc3nc(CN4CCN(c5ccc(F)cc5)CC4)cc(=O)n3[nH]2)cc1C.Cl. The maximum atomic E-state index is 13.2. The number of piperazine rings is 1. The zero-order chi connectivity index (χ0) is 22.2. The van der Waals surface area contributed by atoms with Gasteiger partial charge in [0, 0.05) is 50.0 Å². The average molecular weight is 469 g/mol. The molecule has 0 amide bonds. The molecular weight excluding hydrogens is 443 g/mol. The van der Waals surface area contributed by atoms with Crippen LogP contribution in [-0.2, 0) is 6.54 Å². The summed E-state index contributed by atoms with van der Waals surface area (Å²) in [5, 5.41) is 3.07. The quantitative estimate of drug-likeness (QED) is 0.495. The number of nitrogens with one attached hydrogen (secondary N) is 1. The van der Waals surface area contributed by atoms with Crippen LogP contribution in [0.4, 0.5) is 10.1 Å². The first kappa shape index (κ1) is 22.9. The van der Waals surface area contributed by atoms with Gasteiger partial charge in [0.25, 0.3) is 11.3 Å². The van der Waals surface area contributed by atoms with Gasteiger partial charge in [-0.3, -0.25) is 14.8 Å². The van der Waals surface area contributed by atoms with Crippen LogP contribution in [0, 0.1) is 19.7 Å². The van der Waals surface area contributed by atoms with Crippen LogP contribution in [0.15, 0.2) is 53.3 Å². The number of benzene rings is 2. The van der Waals surface area contributed by atoms with Gasteiger partial charge in [0.2, 0.25) is 0 Å². The normalized spacial score (nSPS) is 14.5. The smallest absolute Gasteiger partial charge is 0.274 e. The topological polar surface area (TPSA) is 69.5 Å². The second-order valence-electron chi connectivity index (χ2n) is 8.33. The summed E-state index contributed by atoms with van der Waals surface area (Å²) in [6.07, 6.45) is 0. The molecule has 9 heteroatoms. The maximum absolute atomic E-state index is 13.2. The Morgan fingerprint density at radius 1 is 0.939 bits per heavy atom. The summed E-state index contributed by atoms with van der Waals surface area (Å²) in [4.78, 5) is 26.4. The first-order chi connectivity index (χ1) is 15.5. The number of nitrogens with zero attached hydrogens (tertiary/aromatic N) is 5. The van der Waals surface area contributed by atoms with E-state index in [0.717, 1.165) is 37.4 Å². The van der Waals surface area contributed by atoms with Gasteiger partial charge in [0.1, 0.15) is 5.82 Å². The lowest BCUT2D eigenvalue weighted by atomic mass is 10.1. The Labute approximate surface area is 197 Å². The van der Waals surface area contributed by atoms with Crippen LogP contribution in [-0.4, -0.2) is 50.7 Å². The molecular formula is C24H26ClFN6O. The van der Waals surface area contributed by atoms with Gasteiger partial charge in [-0.05, 0) is 55.3 Å². The highest BCUT2D eigenvalue weighted by Crippen LogP contribution is 2.20. The number of fused-ring (bicyclic) bond motifs is 1. The molecule has 3 heterocycles. The van der Waals surface area contributed by atoms with Crippen LogP contribution in [0.25, 0.3) is 17.2 Å². The summed E-state index contributed by atoms with van der Waals surface area (Å²) < 4.78 is 14.6. The third kappa shape index (κ3) is 4.77. The molecule has 1 N–H and O–H groups in total. The lowest BCUT2D eigenvalue weighted by Crippen LogP contribution is -2.46. The monoisotopic (exact) mass is 468 g/mol. The van der Waals surface area contributed by atoms with Crippen molar-refractivity contribution < 1.29 is 4.39 Å². The largest absolute Gasteiger partial charge is 0.369 e. The van der Waals surface area contributed by atoms with Gasteiger partial charge in [0.15, 0.2) is 5.82 Å². The predicted octanol–water partition coefficient (Wildman–Crippen LogP) is 3.58. The van der Waals surface area contributed by atoms with Crippen molar-refractivity contribution in [2.24, 2.45) is 0 Å². The maximum Gasteiger partial charge on any atom is 0.274 e. The van der Waals surface area contributed by atoms with E-state index in [-0.39, 0.29) is 23.8 Å². The third-order valence-electron chi connectivity index (χ3n) is 6.11. The molecule has 7 nitrogen and oxygen atoms in total. The van der Waals surface area contributed by atoms with Crippen LogP contribution < -0.4 is 10.5 Å². The van der Waals surface area contributed by atoms with E-state index in [4.69, 9.17) is 0 Å². The highest BCUT2D eigenvalue weighted by molar-refractivity contribution is 5.85. The van der Waals surface area contributed by atoms with E-state index in [0.29, 0.717) is 23.8 Å². The number of hydrogen-bond donors (Lipinski definition) is 1. The number of aryl methyl sites for hydroxylation is 2. The molecule has 33 heavy (non-hydrogen) atoms. The summed E-state index contributed by atoms with van der Waals surface area (Å²) in [6, 6.07) is 14.3. The van der Waals surface area contributed by atoms with Crippen molar-refractivity contribution in [3.8, 4) is 11.4 Å². The fourth-order valence-electron chi connectivity index (χ4n) is 4.07. The molecule has 5 rings (SSSR count). The fraction of sp³-hybridized carbons (Fsp3) is 0.292. The molecule has 0 atom stereocenters. The Bertz CT molecular complexity index is 1330. The average Bonchev–Trinajstić information content (AvgIpc) is 3.22. The Hall–Kier alpha value is -3.23. The molecule has 0 aliphatic carbocycles. The zero-order valence-corrected chi connectivity index (χ0v) is 19.4. The molecule has 2 aromatic carbocycles. The van der Waals surface area contributed by atoms with Gasteiger partial charge in [-0.2, -0.15) is 9.50 Å².